The summed E-state index contributed by atoms with van der Waals surface area (Å²) in [6.45, 7) is 4.69. The van der Waals surface area contributed by atoms with E-state index < -0.39 is 39.7 Å². The van der Waals surface area contributed by atoms with Crippen molar-refractivity contribution < 1.29 is 42.1 Å². The van der Waals surface area contributed by atoms with Crippen LogP contribution in [0.25, 0.3) is 11.3 Å². The molecular weight excluding hydrogens is 805 g/mol. The molecule has 4 aromatic rings. The van der Waals surface area contributed by atoms with Gasteiger partial charge in [-0.05, 0) is 122 Å². The molecule has 320 valence electrons. The van der Waals surface area contributed by atoms with Gasteiger partial charge in [-0.25, -0.2) is 4.79 Å². The molecule has 0 saturated heterocycles. The molecule has 3 saturated carbocycles. The summed E-state index contributed by atoms with van der Waals surface area (Å²) >= 11 is 6.41. The van der Waals surface area contributed by atoms with E-state index in [0.717, 1.165) is 24.1 Å². The molecule has 3 aromatic carbocycles. The highest BCUT2D eigenvalue weighted by Gasteiger charge is 2.74. The van der Waals surface area contributed by atoms with Gasteiger partial charge in [-0.2, -0.15) is 13.2 Å². The Kier molecular flexibility index (Phi) is 9.96. The fourth-order valence-corrected chi connectivity index (χ4v) is 12.6. The third-order valence-electron chi connectivity index (χ3n) is 15.6. The first-order valence-corrected chi connectivity index (χ1v) is 21.4. The molecule has 0 radical (unpaired) electrons. The molecular formula is C49H50ClF3N2O6. The summed E-state index contributed by atoms with van der Waals surface area (Å²) in [6, 6.07) is 22.3. The Hall–Kier alpha value is -4.84. The average molecular weight is 855 g/mol. The van der Waals surface area contributed by atoms with Gasteiger partial charge in [-0.3, -0.25) is 4.79 Å². The van der Waals surface area contributed by atoms with Crippen molar-refractivity contribution in [2.45, 2.75) is 83.2 Å². The van der Waals surface area contributed by atoms with Crippen molar-refractivity contribution >= 4 is 29.1 Å². The van der Waals surface area contributed by atoms with Crippen LogP contribution in [0, 0.1) is 33.5 Å². The van der Waals surface area contributed by atoms with E-state index in [1.165, 1.54) is 18.2 Å². The van der Waals surface area contributed by atoms with Crippen LogP contribution in [0.1, 0.15) is 80.5 Å². The van der Waals surface area contributed by atoms with Crippen molar-refractivity contribution in [3.63, 3.8) is 0 Å². The van der Waals surface area contributed by atoms with E-state index in [2.05, 4.69) is 37.4 Å². The Balaban J connectivity index is 1.09. The minimum atomic E-state index is -4.61. The molecule has 8 atom stereocenters. The van der Waals surface area contributed by atoms with Gasteiger partial charge in [0, 0.05) is 39.6 Å². The van der Waals surface area contributed by atoms with Gasteiger partial charge in [0.05, 0.1) is 35.9 Å². The van der Waals surface area contributed by atoms with Crippen molar-refractivity contribution in [2.24, 2.45) is 33.5 Å². The predicted octanol–water partition coefficient (Wildman–Crippen LogP) is 11.1. The number of halogens is 4. The summed E-state index contributed by atoms with van der Waals surface area (Å²) in [5.74, 6) is 0.0397. The molecule has 1 heterocycles. The van der Waals surface area contributed by atoms with E-state index in [-0.39, 0.29) is 64.3 Å². The molecule has 6 aliphatic carbocycles. The van der Waals surface area contributed by atoms with E-state index >= 15 is 4.79 Å². The molecule has 6 aliphatic rings. The zero-order valence-corrected chi connectivity index (χ0v) is 35.2. The maximum absolute atomic E-state index is 15.2. The monoisotopic (exact) mass is 854 g/mol. The molecule has 61 heavy (non-hydrogen) atoms. The van der Waals surface area contributed by atoms with E-state index in [0.29, 0.717) is 55.5 Å². The van der Waals surface area contributed by atoms with Gasteiger partial charge in [0.15, 0.2) is 5.76 Å². The lowest BCUT2D eigenvalue weighted by Crippen LogP contribution is -2.67. The van der Waals surface area contributed by atoms with Gasteiger partial charge in [0.2, 0.25) is 5.78 Å². The van der Waals surface area contributed by atoms with E-state index in [1.807, 2.05) is 30.3 Å². The average Bonchev–Trinajstić information content (AvgIpc) is 3.83. The molecule has 2 bridgehead atoms. The van der Waals surface area contributed by atoms with Crippen molar-refractivity contribution in [2.75, 3.05) is 19.0 Å². The van der Waals surface area contributed by atoms with Gasteiger partial charge in [0.25, 0.3) is 0 Å². The quantitative estimate of drug-likeness (QED) is 0.114. The van der Waals surface area contributed by atoms with Crippen molar-refractivity contribution in [1.29, 1.82) is 0 Å². The lowest BCUT2D eigenvalue weighted by molar-refractivity contribution is -0.174. The van der Waals surface area contributed by atoms with Crippen LogP contribution in [0.15, 0.2) is 113 Å². The lowest BCUT2D eigenvalue weighted by Gasteiger charge is -2.71. The van der Waals surface area contributed by atoms with Crippen LogP contribution in [0.3, 0.4) is 0 Å². The molecule has 2 spiro atoms. The van der Waals surface area contributed by atoms with Crippen LogP contribution in [0.5, 0.6) is 5.75 Å². The first kappa shape index (κ1) is 41.5. The summed E-state index contributed by atoms with van der Waals surface area (Å²) in [6.07, 6.45) is 5.44. The van der Waals surface area contributed by atoms with Crippen LogP contribution in [0.4, 0.5) is 23.7 Å². The number of nitrogens with zero attached hydrogens (tertiary/aromatic N) is 1. The highest BCUT2D eigenvalue weighted by molar-refractivity contribution is 6.33. The highest BCUT2D eigenvalue weighted by atomic mass is 35.5. The molecule has 12 heteroatoms. The van der Waals surface area contributed by atoms with Crippen molar-refractivity contribution in [1.82, 2.24) is 4.90 Å². The largest absolute Gasteiger partial charge is 0.497 e. The minimum Gasteiger partial charge on any atom is -0.497 e. The Morgan fingerprint density at radius 2 is 1.62 bits per heavy atom. The highest BCUT2D eigenvalue weighted by Crippen LogP contribution is 2.78. The SMILES string of the molecule is COc1ccc(NC(=O)N(Cc2ccccc2)C[C@]2(O)CC[C@H]3[C@]45C=C[C@@]6(C=C4C(=O)c4ccc(-c7cc(C(F)(F)F)ccc7Cl)o4)CC(O)CC[C@]6(C)[C@H]5CC[C@@]32C)cc1. The zero-order chi connectivity index (χ0) is 43.2. The number of urea groups is 1. The standard InChI is InChI=1S/C49H50ClF3N2O6/c1-44-20-17-33(56)26-46(44)23-24-48(36(27-46)42(57)39-16-15-38(61-39)35-25-31(49(51,52)53)9-14-37(35)50)40(44)18-21-45(2)41(48)19-22-47(45,59)29-55(28-30-7-5-4-6-8-30)43(58)54-32-10-12-34(60-3)13-11-32/h4-16,23-25,27,33,40-41,56,59H,17-22,26,28-29H2,1-3H3,(H,54,58)/t33?,40-,41-,44-,45+,46+,47-,48-/m1/s1. The number of alkyl halides is 3. The summed E-state index contributed by atoms with van der Waals surface area (Å²) < 4.78 is 52.7. The third-order valence-corrected chi connectivity index (χ3v) is 16.0. The summed E-state index contributed by atoms with van der Waals surface area (Å²) in [5.41, 5.74) is -2.71. The fourth-order valence-electron chi connectivity index (χ4n) is 12.4. The fraction of sp³-hybridized carbons (Fsp3) is 0.429. The molecule has 1 unspecified atom stereocenters. The Morgan fingerprint density at radius 1 is 0.918 bits per heavy atom. The molecule has 8 nitrogen and oxygen atoms in total. The number of carbonyl (C=O) groups excluding carboxylic acids is 2. The van der Waals surface area contributed by atoms with Crippen LogP contribution in [0.2, 0.25) is 5.02 Å². The second-order valence-electron chi connectivity index (χ2n) is 18.5. The summed E-state index contributed by atoms with van der Waals surface area (Å²) in [7, 11) is 1.58. The third kappa shape index (κ3) is 6.47. The Labute approximate surface area is 358 Å². The Bertz CT molecular complexity index is 2430. The number of carbonyl (C=O) groups is 2. The first-order valence-electron chi connectivity index (χ1n) is 21.1. The van der Waals surface area contributed by atoms with E-state index in [4.69, 9.17) is 20.8 Å². The van der Waals surface area contributed by atoms with Crippen LogP contribution >= 0.6 is 11.6 Å². The number of benzene rings is 3. The predicted molar refractivity (Wildman–Crippen MR) is 226 cm³/mol. The first-order chi connectivity index (χ1) is 28.9. The number of aliphatic hydroxyl groups excluding tert-OH is 1. The number of furan rings is 1. The van der Waals surface area contributed by atoms with E-state index in [9.17, 15) is 28.2 Å². The summed E-state index contributed by atoms with van der Waals surface area (Å²) in [4.78, 5) is 31.1. The summed E-state index contributed by atoms with van der Waals surface area (Å²) in [5, 5.41) is 27.4. The number of Topliss-reactive ketones (excluding diaryl/α,β-unsaturated/α-hetero) is 1. The molecule has 10 rings (SSSR count). The topological polar surface area (TPSA) is 112 Å². The lowest BCUT2D eigenvalue weighted by atomic mass is 9.32. The maximum atomic E-state index is 15.2. The van der Waals surface area contributed by atoms with Gasteiger partial charge in [-0.15, -0.1) is 0 Å². The number of amides is 2. The number of aliphatic hydroxyl groups is 2. The molecule has 3 N–H and O–H groups in total. The van der Waals surface area contributed by atoms with Gasteiger partial charge in [0.1, 0.15) is 11.5 Å². The van der Waals surface area contributed by atoms with Crippen LogP contribution in [-0.2, 0) is 12.7 Å². The molecule has 2 amide bonds. The number of methoxy groups -OCH3 is 1. The Morgan fingerprint density at radius 3 is 2.34 bits per heavy atom. The molecule has 1 aromatic heterocycles. The van der Waals surface area contributed by atoms with Gasteiger partial charge in [-0.1, -0.05) is 74.0 Å². The number of fused-ring (bicyclic) bond motifs is 1. The van der Waals surface area contributed by atoms with Crippen molar-refractivity contribution in [3.8, 4) is 17.1 Å². The van der Waals surface area contributed by atoms with Crippen LogP contribution < -0.4 is 10.1 Å². The second-order valence-corrected chi connectivity index (χ2v) is 18.9. The molecule has 3 fully saturated rings. The second kappa shape index (κ2) is 14.6. The number of ketones is 1. The van der Waals surface area contributed by atoms with Gasteiger partial charge < -0.3 is 29.6 Å². The number of allylic oxidation sites excluding steroid dienone is 4. The number of rotatable bonds is 9. The number of hydrogen-bond donors (Lipinski definition) is 3. The smallest absolute Gasteiger partial charge is 0.416 e. The normalized spacial score (nSPS) is 32.3. The van der Waals surface area contributed by atoms with Crippen molar-refractivity contribution in [3.05, 3.63) is 131 Å². The number of ether oxygens (including phenoxy) is 1. The molecule has 0 aliphatic heterocycles. The number of hydrogen-bond acceptors (Lipinski definition) is 6. The number of nitrogens with one attached hydrogen (secondary N) is 1. The van der Waals surface area contributed by atoms with Crippen LogP contribution in [-0.4, -0.2) is 52.3 Å². The maximum Gasteiger partial charge on any atom is 0.416 e. The minimum absolute atomic E-state index is 0.0204. The number of anilines is 1. The van der Waals surface area contributed by atoms with Gasteiger partial charge >= 0.3 is 12.2 Å². The van der Waals surface area contributed by atoms with E-state index in [1.54, 1.807) is 36.3 Å². The zero-order valence-electron chi connectivity index (χ0n) is 34.4.